The summed E-state index contributed by atoms with van der Waals surface area (Å²) in [6, 6.07) is 8.78. The van der Waals surface area contributed by atoms with Gasteiger partial charge in [0.2, 0.25) is 0 Å². The highest BCUT2D eigenvalue weighted by molar-refractivity contribution is 7.12. The molecule has 0 spiro atoms. The number of halogens is 1. The van der Waals surface area contributed by atoms with Crippen LogP contribution in [0.3, 0.4) is 0 Å². The molecule has 0 saturated heterocycles. The molecule has 0 aliphatic heterocycles. The number of anilines is 1. The van der Waals surface area contributed by atoms with E-state index in [0.717, 1.165) is 5.56 Å². The summed E-state index contributed by atoms with van der Waals surface area (Å²) in [4.78, 5) is 12.4. The Balaban J connectivity index is 2.15. The summed E-state index contributed by atoms with van der Waals surface area (Å²) >= 11 is 7.19. The van der Waals surface area contributed by atoms with Crippen molar-refractivity contribution in [2.75, 3.05) is 11.9 Å². The average molecular weight is 292 g/mol. The summed E-state index contributed by atoms with van der Waals surface area (Å²) in [7, 11) is 0. The number of hydrogen-bond donors (Lipinski definition) is 2. The van der Waals surface area contributed by atoms with Crippen molar-refractivity contribution >= 4 is 34.5 Å². The van der Waals surface area contributed by atoms with Crippen molar-refractivity contribution in [2.24, 2.45) is 0 Å². The quantitative estimate of drug-likeness (QED) is 0.836. The van der Waals surface area contributed by atoms with Gasteiger partial charge in [-0.15, -0.1) is 11.3 Å². The molecular weight excluding hydrogens is 282 g/mol. The minimum Gasteiger partial charge on any atom is -0.384 e. The van der Waals surface area contributed by atoms with Gasteiger partial charge in [-0.2, -0.15) is 0 Å². The van der Waals surface area contributed by atoms with Crippen LogP contribution in [0.1, 0.15) is 15.2 Å². The first kappa shape index (κ1) is 13.6. The molecule has 0 unspecified atom stereocenters. The molecule has 0 radical (unpaired) electrons. The fourth-order valence-corrected chi connectivity index (χ4v) is 2.50. The Morgan fingerprint density at radius 1 is 1.42 bits per heavy atom. The monoisotopic (exact) mass is 291 g/mol. The number of hydrogen-bond acceptors (Lipinski definition) is 3. The van der Waals surface area contributed by atoms with E-state index in [9.17, 15) is 4.79 Å². The number of rotatable bonds is 2. The van der Waals surface area contributed by atoms with Crippen LogP contribution in [0.4, 0.5) is 5.69 Å². The van der Waals surface area contributed by atoms with Gasteiger partial charge in [0.05, 0.1) is 5.02 Å². The summed E-state index contributed by atoms with van der Waals surface area (Å²) in [6.45, 7) is -0.193. The van der Waals surface area contributed by atoms with E-state index in [2.05, 4.69) is 17.2 Å². The molecule has 0 saturated carbocycles. The molecule has 1 aromatic heterocycles. The number of nitrogens with one attached hydrogen (secondary N) is 1. The van der Waals surface area contributed by atoms with E-state index in [4.69, 9.17) is 16.7 Å². The minimum atomic E-state index is -0.243. The lowest BCUT2D eigenvalue weighted by molar-refractivity contribution is 0.103. The predicted molar refractivity (Wildman–Crippen MR) is 77.7 cm³/mol. The highest BCUT2D eigenvalue weighted by Gasteiger charge is 2.11. The summed E-state index contributed by atoms with van der Waals surface area (Å²) < 4.78 is 0. The van der Waals surface area contributed by atoms with Crippen LogP contribution in [0.15, 0.2) is 35.7 Å². The molecule has 2 rings (SSSR count). The predicted octanol–water partition coefficient (Wildman–Crippen LogP) is 3.00. The van der Waals surface area contributed by atoms with Crippen LogP contribution in [0.25, 0.3) is 0 Å². The van der Waals surface area contributed by atoms with E-state index in [-0.39, 0.29) is 12.5 Å². The van der Waals surface area contributed by atoms with Crippen molar-refractivity contribution in [3.8, 4) is 11.8 Å². The van der Waals surface area contributed by atoms with Crippen molar-refractivity contribution in [1.29, 1.82) is 0 Å². The van der Waals surface area contributed by atoms with Gasteiger partial charge in [0.15, 0.2) is 0 Å². The SMILES string of the molecule is O=C(Nc1cccc(C#CCO)c1)c1sccc1Cl. The Labute approximate surface area is 119 Å². The largest absolute Gasteiger partial charge is 0.384 e. The fraction of sp³-hybridized carbons (Fsp3) is 0.0714. The summed E-state index contributed by atoms with van der Waals surface area (Å²) in [6.07, 6.45) is 0. The Morgan fingerprint density at radius 3 is 2.95 bits per heavy atom. The number of carbonyl (C=O) groups is 1. The zero-order valence-electron chi connectivity index (χ0n) is 9.81. The first-order chi connectivity index (χ1) is 9.20. The average Bonchev–Trinajstić information content (AvgIpc) is 2.83. The number of thiophene rings is 1. The molecule has 1 aromatic carbocycles. The van der Waals surface area contributed by atoms with Gasteiger partial charge in [-0.3, -0.25) is 4.79 Å². The Kier molecular flexibility index (Phi) is 4.58. The molecule has 2 aromatic rings. The van der Waals surface area contributed by atoms with Crippen molar-refractivity contribution in [1.82, 2.24) is 0 Å². The molecule has 2 N–H and O–H groups in total. The Bertz CT molecular complexity index is 655. The van der Waals surface area contributed by atoms with Gasteiger partial charge in [-0.25, -0.2) is 0 Å². The van der Waals surface area contributed by atoms with Crippen LogP contribution < -0.4 is 5.32 Å². The fourth-order valence-electron chi connectivity index (χ4n) is 1.46. The third kappa shape index (κ3) is 3.58. The maximum Gasteiger partial charge on any atom is 0.267 e. The number of amides is 1. The zero-order valence-corrected chi connectivity index (χ0v) is 11.4. The minimum absolute atomic E-state index is 0.193. The second kappa shape index (κ2) is 6.39. The van der Waals surface area contributed by atoms with E-state index < -0.39 is 0 Å². The highest BCUT2D eigenvalue weighted by atomic mass is 35.5. The van der Waals surface area contributed by atoms with Crippen LogP contribution >= 0.6 is 22.9 Å². The van der Waals surface area contributed by atoms with E-state index in [1.54, 1.807) is 35.7 Å². The van der Waals surface area contributed by atoms with Crippen LogP contribution in [0.5, 0.6) is 0 Å². The second-order valence-corrected chi connectivity index (χ2v) is 4.92. The standard InChI is InChI=1S/C14H10ClNO2S/c15-12-6-8-19-13(12)14(18)16-11-5-1-3-10(9-11)4-2-7-17/h1,3,5-6,8-9,17H,7H2,(H,16,18). The first-order valence-electron chi connectivity index (χ1n) is 5.45. The lowest BCUT2D eigenvalue weighted by atomic mass is 10.2. The van der Waals surface area contributed by atoms with Crippen LogP contribution in [-0.4, -0.2) is 17.6 Å². The van der Waals surface area contributed by atoms with Crippen LogP contribution in [0.2, 0.25) is 5.02 Å². The second-order valence-electron chi connectivity index (χ2n) is 3.59. The van der Waals surface area contributed by atoms with Gasteiger partial charge in [0.1, 0.15) is 11.5 Å². The molecule has 0 atom stereocenters. The Hall–Kier alpha value is -1.80. The molecule has 1 heterocycles. The van der Waals surface area contributed by atoms with Gasteiger partial charge >= 0.3 is 0 Å². The van der Waals surface area contributed by atoms with E-state index in [1.807, 2.05) is 0 Å². The topological polar surface area (TPSA) is 49.3 Å². The van der Waals surface area contributed by atoms with Gasteiger partial charge in [-0.1, -0.05) is 29.5 Å². The highest BCUT2D eigenvalue weighted by Crippen LogP contribution is 2.23. The van der Waals surface area contributed by atoms with Gasteiger partial charge in [-0.05, 0) is 29.6 Å². The molecule has 3 nitrogen and oxygen atoms in total. The van der Waals surface area contributed by atoms with Crippen LogP contribution in [-0.2, 0) is 0 Å². The summed E-state index contributed by atoms with van der Waals surface area (Å²) in [5.74, 6) is 5.09. The maximum atomic E-state index is 12.0. The normalized spacial score (nSPS) is 9.58. The van der Waals surface area contributed by atoms with E-state index in [0.29, 0.717) is 15.6 Å². The molecular formula is C14H10ClNO2S. The lowest BCUT2D eigenvalue weighted by Crippen LogP contribution is -2.10. The van der Waals surface area contributed by atoms with Crippen molar-refractivity contribution in [3.63, 3.8) is 0 Å². The third-order valence-corrected chi connectivity index (χ3v) is 3.60. The lowest BCUT2D eigenvalue weighted by Gasteiger charge is -2.04. The summed E-state index contributed by atoms with van der Waals surface area (Å²) in [5, 5.41) is 13.6. The number of benzene rings is 1. The third-order valence-electron chi connectivity index (χ3n) is 2.26. The smallest absolute Gasteiger partial charge is 0.267 e. The van der Waals surface area contributed by atoms with E-state index in [1.165, 1.54) is 11.3 Å². The zero-order chi connectivity index (χ0) is 13.7. The molecule has 19 heavy (non-hydrogen) atoms. The van der Waals surface area contributed by atoms with Gasteiger partial charge in [0.25, 0.3) is 5.91 Å². The van der Waals surface area contributed by atoms with Crippen molar-refractivity contribution in [2.45, 2.75) is 0 Å². The van der Waals surface area contributed by atoms with Crippen molar-refractivity contribution in [3.05, 3.63) is 51.2 Å². The summed E-state index contributed by atoms with van der Waals surface area (Å²) in [5.41, 5.74) is 1.36. The first-order valence-corrected chi connectivity index (χ1v) is 6.70. The molecule has 1 amide bonds. The molecule has 0 aliphatic rings. The Morgan fingerprint density at radius 2 is 2.26 bits per heavy atom. The number of aliphatic hydroxyl groups excluding tert-OH is 1. The molecule has 5 heteroatoms. The number of aliphatic hydroxyl groups is 1. The number of carbonyl (C=O) groups excluding carboxylic acids is 1. The van der Waals surface area contributed by atoms with Gasteiger partial charge < -0.3 is 10.4 Å². The van der Waals surface area contributed by atoms with Gasteiger partial charge in [0, 0.05) is 11.3 Å². The maximum absolute atomic E-state index is 12.0. The van der Waals surface area contributed by atoms with E-state index >= 15 is 0 Å². The molecule has 0 bridgehead atoms. The molecule has 0 fully saturated rings. The van der Waals surface area contributed by atoms with Crippen LogP contribution in [0, 0.1) is 11.8 Å². The van der Waals surface area contributed by atoms with Crippen molar-refractivity contribution < 1.29 is 9.90 Å². The molecule has 96 valence electrons. The molecule has 0 aliphatic carbocycles.